The van der Waals surface area contributed by atoms with Gasteiger partial charge in [-0.15, -0.1) is 0 Å². The summed E-state index contributed by atoms with van der Waals surface area (Å²) in [7, 11) is 0. The van der Waals surface area contributed by atoms with Crippen LogP contribution in [-0.2, 0) is 5.41 Å². The Morgan fingerprint density at radius 3 is 1.65 bits per heavy atom. The van der Waals surface area contributed by atoms with Gasteiger partial charge in [0.2, 0.25) is 0 Å². The van der Waals surface area contributed by atoms with Crippen molar-refractivity contribution in [2.75, 3.05) is 0 Å². The number of nitriles is 1. The third kappa shape index (κ3) is 4.95. The molecule has 1 atom stereocenters. The van der Waals surface area contributed by atoms with Crippen molar-refractivity contribution in [3.8, 4) is 74.0 Å². The van der Waals surface area contributed by atoms with E-state index in [4.69, 9.17) is 19.7 Å². The van der Waals surface area contributed by atoms with Crippen molar-refractivity contribution in [3.63, 3.8) is 0 Å². The van der Waals surface area contributed by atoms with Gasteiger partial charge in [0.25, 0.3) is 0 Å². The first-order valence-corrected chi connectivity index (χ1v) is 20.1. The normalized spacial score (nSPS) is 14.5. The lowest BCUT2D eigenvalue weighted by Gasteiger charge is -2.39. The van der Waals surface area contributed by atoms with Gasteiger partial charge in [-0.1, -0.05) is 164 Å². The standard InChI is InChI=1S/C55H32N4O/c56-33-34-13-9-18-37(31-34)38-29-30-50-48(32-38)55(46-26-7-8-28-49(46)60-50)45-25-6-5-21-43(45)51-44(24-12-27-47(51)55)54-58-52(41-22-10-16-35-14-1-3-19-39(35)41)57-53(59-54)42-23-11-17-36-15-2-4-20-40(36)42/h1-32H. The van der Waals surface area contributed by atoms with Gasteiger partial charge in [0.15, 0.2) is 17.5 Å². The molecule has 1 unspecified atom stereocenters. The summed E-state index contributed by atoms with van der Waals surface area (Å²) in [4.78, 5) is 16.1. The van der Waals surface area contributed by atoms with Crippen molar-refractivity contribution in [2.24, 2.45) is 0 Å². The predicted octanol–water partition coefficient (Wildman–Crippen LogP) is 13.2. The maximum atomic E-state index is 9.79. The zero-order valence-electron chi connectivity index (χ0n) is 32.2. The first-order valence-electron chi connectivity index (χ1n) is 20.1. The van der Waals surface area contributed by atoms with E-state index in [-0.39, 0.29) is 0 Å². The van der Waals surface area contributed by atoms with Gasteiger partial charge in [0.1, 0.15) is 11.5 Å². The van der Waals surface area contributed by atoms with Crippen molar-refractivity contribution in [3.05, 3.63) is 222 Å². The summed E-state index contributed by atoms with van der Waals surface area (Å²) in [5.41, 5.74) is 11.2. The fourth-order valence-corrected chi connectivity index (χ4v) is 9.66. The van der Waals surface area contributed by atoms with E-state index < -0.39 is 5.41 Å². The Morgan fingerprint density at radius 2 is 0.917 bits per heavy atom. The third-order valence-corrected chi connectivity index (χ3v) is 12.2. The molecule has 12 rings (SSSR count). The van der Waals surface area contributed by atoms with Crippen LogP contribution in [0.15, 0.2) is 194 Å². The van der Waals surface area contributed by atoms with Crippen LogP contribution in [0.2, 0.25) is 0 Å². The van der Waals surface area contributed by atoms with Crippen molar-refractivity contribution in [1.82, 2.24) is 15.0 Å². The average Bonchev–Trinajstić information content (AvgIpc) is 3.61. The second-order valence-corrected chi connectivity index (χ2v) is 15.4. The van der Waals surface area contributed by atoms with Crippen LogP contribution in [0.3, 0.4) is 0 Å². The molecular weight excluding hydrogens is 733 g/mol. The minimum Gasteiger partial charge on any atom is -0.457 e. The molecule has 1 aliphatic heterocycles. The molecule has 2 heterocycles. The highest BCUT2D eigenvalue weighted by atomic mass is 16.5. The van der Waals surface area contributed by atoms with Crippen LogP contribution in [0.1, 0.15) is 27.8 Å². The number of nitrogens with zero attached hydrogens (tertiary/aromatic N) is 4. The minimum atomic E-state index is -0.737. The van der Waals surface area contributed by atoms with Gasteiger partial charge in [-0.05, 0) is 85.3 Å². The SMILES string of the molecule is N#Cc1cccc(-c2ccc3c(c2)C2(c4ccccc4O3)c3ccccc3-c3c(-c4nc(-c5cccc6ccccc56)nc(-c5cccc6ccccc56)n4)cccc32)c1. The van der Waals surface area contributed by atoms with Crippen molar-refractivity contribution in [1.29, 1.82) is 5.26 Å². The molecule has 0 saturated carbocycles. The molecule has 1 aliphatic carbocycles. The van der Waals surface area contributed by atoms with E-state index >= 15 is 0 Å². The molecule has 5 heteroatoms. The Kier molecular flexibility index (Phi) is 7.44. The maximum Gasteiger partial charge on any atom is 0.164 e. The van der Waals surface area contributed by atoms with Gasteiger partial charge in [-0.2, -0.15) is 5.26 Å². The zero-order chi connectivity index (χ0) is 39.8. The molecule has 60 heavy (non-hydrogen) atoms. The molecule has 9 aromatic carbocycles. The number of fused-ring (bicyclic) bond motifs is 11. The van der Waals surface area contributed by atoms with E-state index in [9.17, 15) is 5.26 Å². The number of para-hydroxylation sites is 1. The van der Waals surface area contributed by atoms with Gasteiger partial charge in [0.05, 0.1) is 17.0 Å². The van der Waals surface area contributed by atoms with Crippen LogP contribution in [-0.4, -0.2) is 15.0 Å². The molecule has 0 N–H and O–H groups in total. The Hall–Kier alpha value is -8.20. The zero-order valence-corrected chi connectivity index (χ0v) is 32.2. The molecule has 1 aromatic heterocycles. The van der Waals surface area contributed by atoms with E-state index in [0.29, 0.717) is 23.0 Å². The number of hydrogen-bond donors (Lipinski definition) is 0. The Bertz CT molecular complexity index is 3350. The summed E-state index contributed by atoms with van der Waals surface area (Å²) in [6.45, 7) is 0. The molecule has 5 nitrogen and oxygen atoms in total. The fourth-order valence-electron chi connectivity index (χ4n) is 9.66. The topological polar surface area (TPSA) is 71.7 Å². The molecule has 0 amide bonds. The highest BCUT2D eigenvalue weighted by Crippen LogP contribution is 2.63. The monoisotopic (exact) mass is 764 g/mol. The number of benzene rings is 9. The van der Waals surface area contributed by atoms with Crippen LogP contribution in [0.5, 0.6) is 11.5 Å². The quantitative estimate of drug-likeness (QED) is 0.178. The van der Waals surface area contributed by atoms with E-state index in [1.165, 1.54) is 0 Å². The van der Waals surface area contributed by atoms with Crippen molar-refractivity contribution in [2.45, 2.75) is 5.41 Å². The molecule has 2 aliphatic rings. The van der Waals surface area contributed by atoms with Crippen LogP contribution >= 0.6 is 0 Å². The highest BCUT2D eigenvalue weighted by Gasteiger charge is 2.52. The summed E-state index contributed by atoms with van der Waals surface area (Å²) in [5, 5.41) is 14.2. The van der Waals surface area contributed by atoms with Gasteiger partial charge in [0, 0.05) is 27.8 Å². The predicted molar refractivity (Wildman–Crippen MR) is 239 cm³/mol. The lowest BCUT2D eigenvalue weighted by molar-refractivity contribution is 0.436. The molecule has 0 radical (unpaired) electrons. The Balaban J connectivity index is 1.16. The first-order chi connectivity index (χ1) is 29.7. The summed E-state index contributed by atoms with van der Waals surface area (Å²) in [6, 6.07) is 69.6. The van der Waals surface area contributed by atoms with Gasteiger partial charge in [-0.3, -0.25) is 0 Å². The first kappa shape index (κ1) is 33.9. The van der Waals surface area contributed by atoms with E-state index in [1.807, 2.05) is 24.3 Å². The lowest BCUT2D eigenvalue weighted by atomic mass is 9.65. The summed E-state index contributed by atoms with van der Waals surface area (Å²) in [6.07, 6.45) is 0. The van der Waals surface area contributed by atoms with Crippen LogP contribution in [0.25, 0.3) is 78.0 Å². The van der Waals surface area contributed by atoms with Crippen LogP contribution in [0.4, 0.5) is 0 Å². The number of rotatable bonds is 4. The van der Waals surface area contributed by atoms with Crippen molar-refractivity contribution >= 4 is 21.5 Å². The third-order valence-electron chi connectivity index (χ3n) is 12.2. The molecule has 1 spiro atoms. The van der Waals surface area contributed by atoms with Crippen LogP contribution in [0, 0.1) is 11.3 Å². The minimum absolute atomic E-state index is 0.599. The fraction of sp³-hybridized carbons (Fsp3) is 0.0182. The average molecular weight is 765 g/mol. The number of hydrogen-bond acceptors (Lipinski definition) is 5. The largest absolute Gasteiger partial charge is 0.457 e. The number of aromatic nitrogens is 3. The van der Waals surface area contributed by atoms with E-state index in [2.05, 4.69) is 176 Å². The summed E-state index contributed by atoms with van der Waals surface area (Å²) >= 11 is 0. The molecule has 278 valence electrons. The Morgan fingerprint density at radius 1 is 0.400 bits per heavy atom. The Labute approximate surface area is 346 Å². The van der Waals surface area contributed by atoms with Crippen LogP contribution < -0.4 is 4.74 Å². The van der Waals surface area contributed by atoms with E-state index in [1.54, 1.807) is 0 Å². The highest BCUT2D eigenvalue weighted by molar-refractivity contribution is 5.99. The van der Waals surface area contributed by atoms with Crippen molar-refractivity contribution < 1.29 is 4.74 Å². The second-order valence-electron chi connectivity index (χ2n) is 15.4. The summed E-state index contributed by atoms with van der Waals surface area (Å²) < 4.78 is 6.76. The molecule has 0 saturated heterocycles. The maximum absolute atomic E-state index is 9.79. The second kappa shape index (κ2) is 13.2. The van der Waals surface area contributed by atoms with Gasteiger partial charge < -0.3 is 4.74 Å². The molecule has 10 aromatic rings. The summed E-state index contributed by atoms with van der Waals surface area (Å²) in [5.74, 6) is 3.43. The lowest BCUT2D eigenvalue weighted by Crippen LogP contribution is -2.32. The number of ether oxygens (including phenoxy) is 1. The van der Waals surface area contributed by atoms with Gasteiger partial charge >= 0.3 is 0 Å². The van der Waals surface area contributed by atoms with E-state index in [0.717, 1.165) is 94.2 Å². The molecule has 0 fully saturated rings. The van der Waals surface area contributed by atoms with Gasteiger partial charge in [-0.25, -0.2) is 15.0 Å². The smallest absolute Gasteiger partial charge is 0.164 e. The molecular formula is C55H32N4O. The molecule has 0 bridgehead atoms.